The Balaban J connectivity index is 2.34. The first-order valence-corrected chi connectivity index (χ1v) is 7.65. The molecule has 1 atom stereocenters. The lowest BCUT2D eigenvalue weighted by atomic mass is 10.1. The second kappa shape index (κ2) is 7.65. The summed E-state index contributed by atoms with van der Waals surface area (Å²) in [5, 5.41) is 14.1. The number of carbonyl (C=O) groups is 1. The van der Waals surface area contributed by atoms with Crippen molar-refractivity contribution in [3.63, 3.8) is 0 Å². The molecule has 0 saturated heterocycles. The van der Waals surface area contributed by atoms with Gasteiger partial charge in [-0.25, -0.2) is 0 Å². The van der Waals surface area contributed by atoms with Crippen LogP contribution in [-0.2, 0) is 0 Å². The number of ether oxygens (including phenoxy) is 2. The number of nitrogens with zero attached hydrogens (tertiary/aromatic N) is 1. The van der Waals surface area contributed by atoms with Gasteiger partial charge in [-0.2, -0.15) is 0 Å². The van der Waals surface area contributed by atoms with Crippen molar-refractivity contribution in [2.45, 2.75) is 19.9 Å². The van der Waals surface area contributed by atoms with E-state index in [9.17, 15) is 14.9 Å². The van der Waals surface area contributed by atoms with Crippen molar-refractivity contribution in [3.05, 3.63) is 63.2 Å². The second-order valence-electron chi connectivity index (χ2n) is 5.59. The van der Waals surface area contributed by atoms with Crippen LogP contribution in [0.15, 0.2) is 36.4 Å². The van der Waals surface area contributed by atoms with E-state index in [1.807, 2.05) is 38.1 Å². The van der Waals surface area contributed by atoms with E-state index in [-0.39, 0.29) is 28.8 Å². The minimum absolute atomic E-state index is 0.0818. The number of nitro benzene ring substituents is 1. The second-order valence-corrected chi connectivity index (χ2v) is 5.59. The number of aryl methyl sites for hydroxylation is 1. The molecule has 132 valence electrons. The van der Waals surface area contributed by atoms with Crippen LogP contribution in [0.5, 0.6) is 11.5 Å². The third-order valence-corrected chi connectivity index (χ3v) is 3.87. The molecule has 0 bridgehead atoms. The van der Waals surface area contributed by atoms with Gasteiger partial charge in [0, 0.05) is 6.07 Å². The normalized spacial score (nSPS) is 11.5. The highest BCUT2D eigenvalue weighted by atomic mass is 16.6. The number of nitro groups is 1. The number of amides is 1. The van der Waals surface area contributed by atoms with Crippen molar-refractivity contribution in [3.8, 4) is 11.5 Å². The maximum absolute atomic E-state index is 12.6. The molecule has 0 radical (unpaired) electrons. The van der Waals surface area contributed by atoms with Gasteiger partial charge in [-0.3, -0.25) is 14.9 Å². The molecule has 0 aliphatic rings. The molecule has 0 spiro atoms. The predicted molar refractivity (Wildman–Crippen MR) is 93.3 cm³/mol. The average Bonchev–Trinajstić information content (AvgIpc) is 2.60. The van der Waals surface area contributed by atoms with Crippen molar-refractivity contribution in [2.75, 3.05) is 14.2 Å². The van der Waals surface area contributed by atoms with Gasteiger partial charge >= 0.3 is 0 Å². The molecule has 1 unspecified atom stereocenters. The molecule has 2 aromatic carbocycles. The molecule has 0 aliphatic carbocycles. The minimum Gasteiger partial charge on any atom is -0.493 e. The van der Waals surface area contributed by atoms with E-state index in [2.05, 4.69) is 5.32 Å². The molecule has 0 aromatic heterocycles. The van der Waals surface area contributed by atoms with E-state index < -0.39 is 10.8 Å². The summed E-state index contributed by atoms with van der Waals surface area (Å²) in [6, 6.07) is 9.89. The van der Waals surface area contributed by atoms with Crippen LogP contribution in [0.1, 0.15) is 34.5 Å². The Hall–Kier alpha value is -3.09. The first-order chi connectivity index (χ1) is 11.9. The third kappa shape index (κ3) is 4.06. The molecule has 1 N–H and O–H groups in total. The molecule has 0 saturated carbocycles. The van der Waals surface area contributed by atoms with Gasteiger partial charge in [-0.05, 0) is 19.4 Å². The van der Waals surface area contributed by atoms with Crippen molar-refractivity contribution >= 4 is 11.6 Å². The number of methoxy groups -OCH3 is 2. The minimum atomic E-state index is -0.618. The molecular weight excluding hydrogens is 324 g/mol. The van der Waals surface area contributed by atoms with Crippen molar-refractivity contribution in [1.29, 1.82) is 0 Å². The number of hydrogen-bond donors (Lipinski definition) is 1. The molecule has 7 heteroatoms. The Morgan fingerprint density at radius 3 is 2.20 bits per heavy atom. The summed E-state index contributed by atoms with van der Waals surface area (Å²) < 4.78 is 10.2. The number of rotatable bonds is 6. The monoisotopic (exact) mass is 344 g/mol. The van der Waals surface area contributed by atoms with Crippen LogP contribution in [0, 0.1) is 17.0 Å². The molecule has 0 fully saturated rings. The summed E-state index contributed by atoms with van der Waals surface area (Å²) in [5.74, 6) is -0.112. The van der Waals surface area contributed by atoms with Gasteiger partial charge in [-0.1, -0.05) is 29.8 Å². The fourth-order valence-corrected chi connectivity index (χ4v) is 2.41. The van der Waals surface area contributed by atoms with Crippen LogP contribution in [0.25, 0.3) is 0 Å². The molecule has 0 aliphatic heterocycles. The predicted octanol–water partition coefficient (Wildman–Crippen LogP) is 3.41. The smallest absolute Gasteiger partial charge is 0.286 e. The van der Waals surface area contributed by atoms with Crippen LogP contribution >= 0.6 is 0 Å². The van der Waals surface area contributed by atoms with Crippen LogP contribution in [0.2, 0.25) is 0 Å². The largest absolute Gasteiger partial charge is 0.493 e. The van der Waals surface area contributed by atoms with Crippen LogP contribution in [0.3, 0.4) is 0 Å². The number of nitrogens with one attached hydrogen (secondary N) is 1. The molecule has 2 rings (SSSR count). The van der Waals surface area contributed by atoms with Crippen molar-refractivity contribution < 1.29 is 19.2 Å². The average molecular weight is 344 g/mol. The molecule has 1 amide bonds. The first-order valence-electron chi connectivity index (χ1n) is 7.65. The summed E-state index contributed by atoms with van der Waals surface area (Å²) in [6.45, 7) is 3.79. The van der Waals surface area contributed by atoms with E-state index in [0.29, 0.717) is 0 Å². The van der Waals surface area contributed by atoms with Crippen molar-refractivity contribution in [1.82, 2.24) is 5.32 Å². The third-order valence-electron chi connectivity index (χ3n) is 3.87. The van der Waals surface area contributed by atoms with E-state index in [1.165, 1.54) is 26.4 Å². The fourth-order valence-electron chi connectivity index (χ4n) is 2.41. The SMILES string of the molecule is COc1cc(C(=O)NC(C)c2ccc(C)cc2)c([N+](=O)[O-])cc1OC. The fraction of sp³-hybridized carbons (Fsp3) is 0.278. The summed E-state index contributed by atoms with van der Waals surface area (Å²) in [4.78, 5) is 23.3. The quantitative estimate of drug-likeness (QED) is 0.640. The van der Waals surface area contributed by atoms with Crippen molar-refractivity contribution in [2.24, 2.45) is 0 Å². The van der Waals surface area contributed by atoms with Gasteiger partial charge in [0.25, 0.3) is 11.6 Å². The summed E-state index contributed by atoms with van der Waals surface area (Å²) >= 11 is 0. The number of benzene rings is 2. The van der Waals surface area contributed by atoms with Crippen LogP contribution in [0.4, 0.5) is 5.69 Å². The van der Waals surface area contributed by atoms with Gasteiger partial charge in [0.15, 0.2) is 11.5 Å². The molecule has 0 heterocycles. The Morgan fingerprint density at radius 2 is 1.68 bits per heavy atom. The lowest BCUT2D eigenvalue weighted by molar-refractivity contribution is -0.385. The summed E-state index contributed by atoms with van der Waals surface area (Å²) in [5.41, 5.74) is 1.59. The number of carbonyl (C=O) groups excluding carboxylic acids is 1. The van der Waals surface area contributed by atoms with E-state index in [0.717, 1.165) is 11.1 Å². The maximum Gasteiger partial charge on any atom is 0.286 e. The summed E-state index contributed by atoms with van der Waals surface area (Å²) in [7, 11) is 2.78. The van der Waals surface area contributed by atoms with Crippen LogP contribution < -0.4 is 14.8 Å². The van der Waals surface area contributed by atoms with E-state index in [1.54, 1.807) is 0 Å². The zero-order valence-corrected chi connectivity index (χ0v) is 14.5. The van der Waals surface area contributed by atoms with Gasteiger partial charge in [0.05, 0.1) is 31.3 Å². The Morgan fingerprint density at radius 1 is 1.12 bits per heavy atom. The molecular formula is C18H20N2O5. The highest BCUT2D eigenvalue weighted by molar-refractivity contribution is 5.99. The standard InChI is InChI=1S/C18H20N2O5/c1-11-5-7-13(8-6-11)12(2)19-18(21)14-9-16(24-3)17(25-4)10-15(14)20(22)23/h5-10,12H,1-4H3,(H,19,21). The Kier molecular flexibility index (Phi) is 5.59. The van der Waals surface area contributed by atoms with E-state index >= 15 is 0 Å². The Bertz CT molecular complexity index is 787. The van der Waals surface area contributed by atoms with Gasteiger partial charge in [-0.15, -0.1) is 0 Å². The lowest BCUT2D eigenvalue weighted by Gasteiger charge is -2.16. The van der Waals surface area contributed by atoms with E-state index in [4.69, 9.17) is 9.47 Å². The number of hydrogen-bond acceptors (Lipinski definition) is 5. The highest BCUT2D eigenvalue weighted by Gasteiger charge is 2.25. The van der Waals surface area contributed by atoms with Crippen LogP contribution in [-0.4, -0.2) is 25.1 Å². The zero-order chi connectivity index (χ0) is 18.6. The molecule has 7 nitrogen and oxygen atoms in total. The first kappa shape index (κ1) is 18.3. The Labute approximate surface area is 145 Å². The molecule has 25 heavy (non-hydrogen) atoms. The molecule has 2 aromatic rings. The lowest BCUT2D eigenvalue weighted by Crippen LogP contribution is -2.27. The van der Waals surface area contributed by atoms with Gasteiger partial charge < -0.3 is 14.8 Å². The zero-order valence-electron chi connectivity index (χ0n) is 14.5. The van der Waals surface area contributed by atoms with Gasteiger partial charge in [0.2, 0.25) is 0 Å². The maximum atomic E-state index is 12.6. The van der Waals surface area contributed by atoms with Gasteiger partial charge in [0.1, 0.15) is 5.56 Å². The topological polar surface area (TPSA) is 90.7 Å². The highest BCUT2D eigenvalue weighted by Crippen LogP contribution is 2.34. The summed E-state index contributed by atoms with van der Waals surface area (Å²) in [6.07, 6.45) is 0.